The van der Waals surface area contributed by atoms with Gasteiger partial charge in [0.25, 0.3) is 5.91 Å². The molecule has 1 aromatic heterocycles. The monoisotopic (exact) mass is 266 g/mol. The van der Waals surface area contributed by atoms with E-state index in [4.69, 9.17) is 9.94 Å². The molecule has 1 aromatic rings. The molecule has 0 fully saturated rings. The molecular formula is C11H14N4O4. The fraction of sp³-hybridized carbons (Fsp3) is 0.455. The molecule has 0 bridgehead atoms. The molecule has 8 nitrogen and oxygen atoms in total. The van der Waals surface area contributed by atoms with Gasteiger partial charge in [-0.15, -0.1) is 0 Å². The van der Waals surface area contributed by atoms with Crippen LogP contribution in [0.15, 0.2) is 23.6 Å². The Morgan fingerprint density at radius 2 is 2.42 bits per heavy atom. The predicted octanol–water partition coefficient (Wildman–Crippen LogP) is -0.381. The maximum Gasteiger partial charge on any atom is 0.353 e. The SMILES string of the molecule is O=C(O)C1=NOC(C(=O)NCCCn2cccn2)C1. The summed E-state index contributed by atoms with van der Waals surface area (Å²) < 4.78 is 1.77. The number of carbonyl (C=O) groups excluding carboxylic acids is 1. The van der Waals surface area contributed by atoms with E-state index in [9.17, 15) is 9.59 Å². The molecule has 2 rings (SSSR count). The number of carbonyl (C=O) groups is 2. The molecule has 0 radical (unpaired) electrons. The van der Waals surface area contributed by atoms with Gasteiger partial charge in [-0.3, -0.25) is 9.48 Å². The van der Waals surface area contributed by atoms with E-state index < -0.39 is 12.1 Å². The van der Waals surface area contributed by atoms with E-state index in [1.54, 1.807) is 10.9 Å². The van der Waals surface area contributed by atoms with Crippen molar-refractivity contribution in [3.63, 3.8) is 0 Å². The maximum atomic E-state index is 11.7. The Bertz CT molecular complexity index is 483. The van der Waals surface area contributed by atoms with Crippen molar-refractivity contribution >= 4 is 17.6 Å². The van der Waals surface area contributed by atoms with Crippen molar-refractivity contribution in [1.29, 1.82) is 0 Å². The molecule has 0 aliphatic carbocycles. The molecule has 1 aliphatic heterocycles. The van der Waals surface area contributed by atoms with Gasteiger partial charge in [0.1, 0.15) is 0 Å². The molecule has 0 saturated heterocycles. The van der Waals surface area contributed by atoms with Gasteiger partial charge in [-0.25, -0.2) is 4.79 Å². The molecular weight excluding hydrogens is 252 g/mol. The van der Waals surface area contributed by atoms with Crippen LogP contribution in [-0.2, 0) is 21.0 Å². The van der Waals surface area contributed by atoms with Gasteiger partial charge in [0.2, 0.25) is 6.10 Å². The van der Waals surface area contributed by atoms with Crippen LogP contribution in [0.4, 0.5) is 0 Å². The number of aryl methyl sites for hydroxylation is 1. The third-order valence-corrected chi connectivity index (χ3v) is 2.63. The topological polar surface area (TPSA) is 106 Å². The summed E-state index contributed by atoms with van der Waals surface area (Å²) in [5.74, 6) is -1.51. The zero-order valence-electron chi connectivity index (χ0n) is 10.2. The first-order valence-corrected chi connectivity index (χ1v) is 5.88. The standard InChI is InChI=1S/C11H14N4O4/c16-10(9-7-8(11(17)18)14-19-9)12-3-1-5-15-6-2-4-13-15/h2,4,6,9H,1,3,5,7H2,(H,12,16)(H,17,18). The molecule has 0 spiro atoms. The number of oxime groups is 1. The fourth-order valence-electron chi connectivity index (χ4n) is 1.64. The molecule has 2 N–H and O–H groups in total. The van der Waals surface area contributed by atoms with Gasteiger partial charge >= 0.3 is 5.97 Å². The molecule has 19 heavy (non-hydrogen) atoms. The molecule has 8 heteroatoms. The zero-order valence-corrected chi connectivity index (χ0v) is 10.2. The van der Waals surface area contributed by atoms with E-state index in [1.807, 2.05) is 12.3 Å². The Hall–Kier alpha value is -2.38. The summed E-state index contributed by atoms with van der Waals surface area (Å²) in [6.45, 7) is 1.18. The minimum atomic E-state index is -1.16. The Balaban J connectivity index is 1.64. The van der Waals surface area contributed by atoms with Crippen molar-refractivity contribution < 1.29 is 19.5 Å². The average molecular weight is 266 g/mol. The van der Waals surface area contributed by atoms with E-state index >= 15 is 0 Å². The molecule has 102 valence electrons. The van der Waals surface area contributed by atoms with Crippen molar-refractivity contribution in [1.82, 2.24) is 15.1 Å². The Labute approximate surface area is 109 Å². The number of aromatic nitrogens is 2. The summed E-state index contributed by atoms with van der Waals surface area (Å²) >= 11 is 0. The number of nitrogens with zero attached hydrogens (tertiary/aromatic N) is 3. The van der Waals surface area contributed by atoms with Crippen LogP contribution in [-0.4, -0.2) is 45.1 Å². The van der Waals surface area contributed by atoms with Crippen molar-refractivity contribution in [3.8, 4) is 0 Å². The quantitative estimate of drug-likeness (QED) is 0.683. The van der Waals surface area contributed by atoms with Crippen molar-refractivity contribution in [2.24, 2.45) is 5.16 Å². The molecule has 2 heterocycles. The minimum Gasteiger partial charge on any atom is -0.477 e. The normalized spacial score (nSPS) is 17.7. The van der Waals surface area contributed by atoms with Crippen LogP contribution < -0.4 is 5.32 Å². The van der Waals surface area contributed by atoms with Gasteiger partial charge in [0.05, 0.1) is 0 Å². The smallest absolute Gasteiger partial charge is 0.353 e. The molecule has 1 unspecified atom stereocenters. The number of carboxylic acids is 1. The zero-order chi connectivity index (χ0) is 13.7. The molecule has 1 atom stereocenters. The number of carboxylic acid groups (broad SMARTS) is 1. The lowest BCUT2D eigenvalue weighted by Crippen LogP contribution is -2.36. The van der Waals surface area contributed by atoms with Gasteiger partial charge in [-0.2, -0.15) is 5.10 Å². The molecule has 0 saturated carbocycles. The molecule has 1 amide bonds. The van der Waals surface area contributed by atoms with Gasteiger partial charge < -0.3 is 15.3 Å². The highest BCUT2D eigenvalue weighted by atomic mass is 16.6. The number of hydrogen-bond acceptors (Lipinski definition) is 5. The van der Waals surface area contributed by atoms with Crippen LogP contribution >= 0.6 is 0 Å². The second-order valence-corrected chi connectivity index (χ2v) is 4.06. The lowest BCUT2D eigenvalue weighted by Gasteiger charge is -2.09. The summed E-state index contributed by atoms with van der Waals surface area (Å²) in [6, 6.07) is 1.83. The Morgan fingerprint density at radius 1 is 1.58 bits per heavy atom. The second kappa shape index (κ2) is 5.98. The van der Waals surface area contributed by atoms with Gasteiger partial charge in [0, 0.05) is 31.9 Å². The summed E-state index contributed by atoms with van der Waals surface area (Å²) in [5, 5.41) is 18.7. The second-order valence-electron chi connectivity index (χ2n) is 4.06. The van der Waals surface area contributed by atoms with Gasteiger partial charge in [-0.1, -0.05) is 5.16 Å². The number of aliphatic carboxylic acids is 1. The van der Waals surface area contributed by atoms with Gasteiger partial charge in [0.15, 0.2) is 5.71 Å². The largest absolute Gasteiger partial charge is 0.477 e. The van der Waals surface area contributed by atoms with E-state index in [1.165, 1.54) is 0 Å². The Morgan fingerprint density at radius 3 is 3.05 bits per heavy atom. The van der Waals surface area contributed by atoms with Crippen LogP contribution in [0.5, 0.6) is 0 Å². The summed E-state index contributed by atoms with van der Waals surface area (Å²) in [4.78, 5) is 27.0. The highest BCUT2D eigenvalue weighted by molar-refractivity contribution is 6.36. The first kappa shape index (κ1) is 13.1. The van der Waals surface area contributed by atoms with Crippen molar-refractivity contribution in [2.75, 3.05) is 6.54 Å². The van der Waals surface area contributed by atoms with Crippen LogP contribution in [0.1, 0.15) is 12.8 Å². The fourth-order valence-corrected chi connectivity index (χ4v) is 1.64. The minimum absolute atomic E-state index is 0.000320. The number of nitrogens with one attached hydrogen (secondary N) is 1. The van der Waals surface area contributed by atoms with Crippen LogP contribution in [0.2, 0.25) is 0 Å². The maximum absolute atomic E-state index is 11.7. The molecule has 1 aliphatic rings. The van der Waals surface area contributed by atoms with Crippen LogP contribution in [0.25, 0.3) is 0 Å². The lowest BCUT2D eigenvalue weighted by molar-refractivity contribution is -0.131. The summed E-state index contributed by atoms with van der Waals surface area (Å²) in [5.41, 5.74) is -0.128. The number of hydrogen-bond donors (Lipinski definition) is 2. The highest BCUT2D eigenvalue weighted by Gasteiger charge is 2.31. The van der Waals surface area contributed by atoms with Crippen molar-refractivity contribution in [3.05, 3.63) is 18.5 Å². The Kier molecular flexibility index (Phi) is 4.11. The lowest BCUT2D eigenvalue weighted by atomic mass is 10.1. The average Bonchev–Trinajstić information content (AvgIpc) is 3.05. The first-order valence-electron chi connectivity index (χ1n) is 5.88. The van der Waals surface area contributed by atoms with E-state index in [0.717, 1.165) is 6.42 Å². The third kappa shape index (κ3) is 3.54. The molecule has 0 aromatic carbocycles. The van der Waals surface area contributed by atoms with Crippen LogP contribution in [0, 0.1) is 0 Å². The van der Waals surface area contributed by atoms with E-state index in [-0.39, 0.29) is 18.0 Å². The van der Waals surface area contributed by atoms with E-state index in [2.05, 4.69) is 15.6 Å². The first-order chi connectivity index (χ1) is 9.16. The van der Waals surface area contributed by atoms with Crippen molar-refractivity contribution in [2.45, 2.75) is 25.5 Å². The number of amides is 1. The van der Waals surface area contributed by atoms with Crippen LogP contribution in [0.3, 0.4) is 0 Å². The summed E-state index contributed by atoms with van der Waals surface area (Å²) in [7, 11) is 0. The van der Waals surface area contributed by atoms with Gasteiger partial charge in [-0.05, 0) is 12.5 Å². The van der Waals surface area contributed by atoms with E-state index in [0.29, 0.717) is 13.1 Å². The number of rotatable bonds is 6. The summed E-state index contributed by atoms with van der Waals surface area (Å²) in [6.07, 6.45) is 3.42. The predicted molar refractivity (Wildman–Crippen MR) is 64.4 cm³/mol. The highest BCUT2D eigenvalue weighted by Crippen LogP contribution is 2.10. The third-order valence-electron chi connectivity index (χ3n) is 2.63.